The third kappa shape index (κ3) is 3.71. The molecule has 0 N–H and O–H groups in total. The number of imidazole rings is 1. The average Bonchev–Trinajstić information content (AvgIpc) is 3.34. The number of likely N-dealkylation sites (tertiary alicyclic amines) is 1. The summed E-state index contributed by atoms with van der Waals surface area (Å²) in [5.74, 6) is 2.57. The normalized spacial score (nSPS) is 19.8. The van der Waals surface area contributed by atoms with Gasteiger partial charge in [-0.1, -0.05) is 0 Å². The van der Waals surface area contributed by atoms with Crippen LogP contribution in [0.2, 0.25) is 0 Å². The van der Waals surface area contributed by atoms with Gasteiger partial charge in [0.15, 0.2) is 0 Å². The molecule has 2 fully saturated rings. The first-order valence-electron chi connectivity index (χ1n) is 9.63. The van der Waals surface area contributed by atoms with Gasteiger partial charge in [-0.05, 0) is 50.0 Å². The topological polar surface area (TPSA) is 47.4 Å². The molecule has 0 atom stereocenters. The number of amides is 1. The molecular formula is C20H27N3O2S. The molecule has 2 aliphatic rings. The smallest absolute Gasteiger partial charge is 0.254 e. The molecule has 0 aliphatic carbocycles. The number of carbonyl (C=O) groups excluding carboxylic acids is 1. The van der Waals surface area contributed by atoms with Crippen molar-refractivity contribution in [3.63, 3.8) is 0 Å². The number of hydrogen-bond donors (Lipinski definition) is 0. The van der Waals surface area contributed by atoms with Crippen LogP contribution in [0.1, 0.15) is 53.5 Å². The number of ether oxygens (including phenoxy) is 1. The Kier molecular flexibility index (Phi) is 5.41. The lowest BCUT2D eigenvalue weighted by Gasteiger charge is -2.33. The second-order valence-corrected chi connectivity index (χ2v) is 8.28. The molecule has 2 aromatic rings. The minimum atomic E-state index is 0.186. The van der Waals surface area contributed by atoms with Gasteiger partial charge in [0.2, 0.25) is 0 Å². The van der Waals surface area contributed by atoms with Crippen LogP contribution in [-0.4, -0.2) is 46.7 Å². The maximum absolute atomic E-state index is 12.5. The number of nitrogens with zero attached hydrogens (tertiary/aromatic N) is 3. The fourth-order valence-corrected chi connectivity index (χ4v) is 4.77. The van der Waals surface area contributed by atoms with Crippen LogP contribution >= 0.6 is 11.3 Å². The van der Waals surface area contributed by atoms with Crippen molar-refractivity contribution in [2.45, 2.75) is 45.1 Å². The van der Waals surface area contributed by atoms with Gasteiger partial charge in [-0.15, -0.1) is 0 Å². The van der Waals surface area contributed by atoms with Crippen molar-refractivity contribution in [3.05, 3.63) is 40.1 Å². The van der Waals surface area contributed by atoms with Gasteiger partial charge >= 0.3 is 0 Å². The van der Waals surface area contributed by atoms with Crippen LogP contribution in [0.3, 0.4) is 0 Å². The van der Waals surface area contributed by atoms with E-state index in [2.05, 4.69) is 11.5 Å². The van der Waals surface area contributed by atoms with Gasteiger partial charge in [-0.2, -0.15) is 11.3 Å². The third-order valence-corrected chi connectivity index (χ3v) is 6.47. The van der Waals surface area contributed by atoms with Crippen molar-refractivity contribution in [3.8, 4) is 0 Å². The van der Waals surface area contributed by atoms with Gasteiger partial charge in [0, 0.05) is 56.0 Å². The lowest BCUT2D eigenvalue weighted by Crippen LogP contribution is -2.39. The predicted octanol–water partition coefficient (Wildman–Crippen LogP) is 3.70. The van der Waals surface area contributed by atoms with Crippen molar-refractivity contribution in [2.24, 2.45) is 5.92 Å². The highest BCUT2D eigenvalue weighted by Gasteiger charge is 2.27. The van der Waals surface area contributed by atoms with Crippen LogP contribution in [0.5, 0.6) is 0 Å². The number of aryl methyl sites for hydroxylation is 1. The fourth-order valence-electron chi connectivity index (χ4n) is 4.14. The molecule has 0 saturated carbocycles. The van der Waals surface area contributed by atoms with E-state index in [1.54, 1.807) is 11.3 Å². The number of thiophene rings is 1. The van der Waals surface area contributed by atoms with Crippen molar-refractivity contribution in [1.29, 1.82) is 0 Å². The number of hydrogen-bond acceptors (Lipinski definition) is 4. The first-order chi connectivity index (χ1) is 12.7. The molecule has 4 heterocycles. The van der Waals surface area contributed by atoms with Gasteiger partial charge in [-0.3, -0.25) is 4.79 Å². The molecule has 0 aromatic carbocycles. The summed E-state index contributed by atoms with van der Waals surface area (Å²) in [7, 11) is 0. The fraction of sp³-hybridized carbons (Fsp3) is 0.600. The summed E-state index contributed by atoms with van der Waals surface area (Å²) in [6.07, 6.45) is 6.30. The summed E-state index contributed by atoms with van der Waals surface area (Å²) < 4.78 is 7.94. The van der Waals surface area contributed by atoms with Crippen LogP contribution in [0.4, 0.5) is 0 Å². The molecule has 2 aliphatic heterocycles. The van der Waals surface area contributed by atoms with E-state index in [0.717, 1.165) is 64.1 Å². The first-order valence-corrected chi connectivity index (χ1v) is 10.6. The van der Waals surface area contributed by atoms with Gasteiger partial charge < -0.3 is 14.2 Å². The van der Waals surface area contributed by atoms with Crippen molar-refractivity contribution < 1.29 is 9.53 Å². The summed E-state index contributed by atoms with van der Waals surface area (Å²) in [5.41, 5.74) is 2.09. The lowest BCUT2D eigenvalue weighted by atomic mass is 9.95. The standard InChI is InChI=1S/C20H27N3O2S/c1-15-12-21-19(17-4-9-25-10-5-17)23(15)13-16-2-7-22(8-3-16)20(24)18-6-11-26-14-18/h6,11-12,14,16-17H,2-5,7-10,13H2,1H3. The largest absolute Gasteiger partial charge is 0.381 e. The molecule has 2 aromatic heterocycles. The maximum atomic E-state index is 12.5. The second kappa shape index (κ2) is 7.92. The molecule has 140 valence electrons. The lowest BCUT2D eigenvalue weighted by molar-refractivity contribution is 0.0680. The Morgan fingerprint density at radius 1 is 1.27 bits per heavy atom. The molecule has 0 spiro atoms. The van der Waals surface area contributed by atoms with Crippen LogP contribution in [0.25, 0.3) is 0 Å². The quantitative estimate of drug-likeness (QED) is 0.821. The van der Waals surface area contributed by atoms with E-state index in [4.69, 9.17) is 9.72 Å². The summed E-state index contributed by atoms with van der Waals surface area (Å²) in [4.78, 5) is 19.2. The number of rotatable bonds is 4. The molecular weight excluding hydrogens is 346 g/mol. The zero-order valence-corrected chi connectivity index (χ0v) is 16.2. The summed E-state index contributed by atoms with van der Waals surface area (Å²) in [6.45, 7) is 6.60. The molecule has 1 amide bonds. The predicted molar refractivity (Wildman–Crippen MR) is 103 cm³/mol. The van der Waals surface area contributed by atoms with E-state index in [1.807, 2.05) is 27.9 Å². The molecule has 0 radical (unpaired) electrons. The highest BCUT2D eigenvalue weighted by Crippen LogP contribution is 2.29. The zero-order valence-electron chi connectivity index (χ0n) is 15.4. The Labute approximate surface area is 159 Å². The van der Waals surface area contributed by atoms with Crippen LogP contribution < -0.4 is 0 Å². The number of aromatic nitrogens is 2. The number of piperidine rings is 1. The molecule has 5 nitrogen and oxygen atoms in total. The highest BCUT2D eigenvalue weighted by atomic mass is 32.1. The molecule has 6 heteroatoms. The van der Waals surface area contributed by atoms with E-state index < -0.39 is 0 Å². The second-order valence-electron chi connectivity index (χ2n) is 7.50. The Balaban J connectivity index is 1.37. The van der Waals surface area contributed by atoms with Crippen LogP contribution in [0, 0.1) is 12.8 Å². The van der Waals surface area contributed by atoms with Gasteiger partial charge in [0.25, 0.3) is 5.91 Å². The highest BCUT2D eigenvalue weighted by molar-refractivity contribution is 7.08. The first kappa shape index (κ1) is 17.7. The molecule has 4 rings (SSSR count). The SMILES string of the molecule is Cc1cnc(C2CCOCC2)n1CC1CCN(C(=O)c2ccsc2)CC1. The van der Waals surface area contributed by atoms with E-state index in [-0.39, 0.29) is 5.91 Å². The minimum Gasteiger partial charge on any atom is -0.381 e. The van der Waals surface area contributed by atoms with Gasteiger partial charge in [0.05, 0.1) is 5.56 Å². The Bertz CT molecular complexity index is 726. The molecule has 26 heavy (non-hydrogen) atoms. The zero-order chi connectivity index (χ0) is 17.9. The van der Waals surface area contributed by atoms with E-state index in [1.165, 1.54) is 11.5 Å². The Morgan fingerprint density at radius 3 is 2.73 bits per heavy atom. The maximum Gasteiger partial charge on any atom is 0.254 e. The van der Waals surface area contributed by atoms with Crippen LogP contribution in [-0.2, 0) is 11.3 Å². The summed E-state index contributed by atoms with van der Waals surface area (Å²) in [6, 6.07) is 1.92. The van der Waals surface area contributed by atoms with Crippen LogP contribution in [0.15, 0.2) is 23.0 Å². The summed E-state index contributed by atoms with van der Waals surface area (Å²) in [5, 5.41) is 3.92. The number of carbonyl (C=O) groups is 1. The molecule has 2 saturated heterocycles. The average molecular weight is 374 g/mol. The van der Waals surface area contributed by atoms with Crippen molar-refractivity contribution >= 4 is 17.2 Å². The van der Waals surface area contributed by atoms with Gasteiger partial charge in [0.1, 0.15) is 5.82 Å². The third-order valence-electron chi connectivity index (χ3n) is 5.78. The monoisotopic (exact) mass is 373 g/mol. The summed E-state index contributed by atoms with van der Waals surface area (Å²) >= 11 is 1.59. The van der Waals surface area contributed by atoms with Crippen molar-refractivity contribution in [1.82, 2.24) is 14.5 Å². The molecule has 0 unspecified atom stereocenters. The minimum absolute atomic E-state index is 0.186. The van der Waals surface area contributed by atoms with Gasteiger partial charge in [-0.25, -0.2) is 4.98 Å². The Hall–Kier alpha value is -1.66. The van der Waals surface area contributed by atoms with Crippen molar-refractivity contribution in [2.75, 3.05) is 26.3 Å². The van der Waals surface area contributed by atoms with E-state index in [9.17, 15) is 4.79 Å². The molecule has 0 bridgehead atoms. The van der Waals surface area contributed by atoms with E-state index >= 15 is 0 Å². The Morgan fingerprint density at radius 2 is 2.04 bits per heavy atom. The van der Waals surface area contributed by atoms with E-state index in [0.29, 0.717) is 11.8 Å².